The Balaban J connectivity index is 1.49. The topological polar surface area (TPSA) is 82.9 Å². The van der Waals surface area contributed by atoms with Crippen molar-refractivity contribution in [3.8, 4) is 0 Å². The molecule has 1 heterocycles. The zero-order valence-corrected chi connectivity index (χ0v) is 16.8. The van der Waals surface area contributed by atoms with Gasteiger partial charge in [0.1, 0.15) is 0 Å². The van der Waals surface area contributed by atoms with E-state index in [9.17, 15) is 14.4 Å². The molecule has 0 radical (unpaired) electrons. The molecule has 0 unspecified atom stereocenters. The van der Waals surface area contributed by atoms with E-state index in [0.717, 1.165) is 37.4 Å². The zero-order valence-electron chi connectivity index (χ0n) is 16.8. The van der Waals surface area contributed by atoms with Crippen molar-refractivity contribution in [2.45, 2.75) is 6.92 Å². The van der Waals surface area contributed by atoms with Crippen LogP contribution in [0.2, 0.25) is 0 Å². The van der Waals surface area contributed by atoms with Crippen LogP contribution in [0, 0.1) is 0 Å². The van der Waals surface area contributed by atoms with Crippen molar-refractivity contribution >= 4 is 29.0 Å². The van der Waals surface area contributed by atoms with Crippen molar-refractivity contribution < 1.29 is 19.3 Å². The second-order valence-electron chi connectivity index (χ2n) is 7.22. The molecule has 2 amide bonds. The molecule has 7 heteroatoms. The molecule has 1 fully saturated rings. The number of nitrogens with one attached hydrogen (secondary N) is 3. The summed E-state index contributed by atoms with van der Waals surface area (Å²) in [6.07, 6.45) is 0. The second-order valence-corrected chi connectivity index (χ2v) is 7.22. The Labute approximate surface area is 170 Å². The largest absolute Gasteiger partial charge is 0.360 e. The number of ketones is 1. The van der Waals surface area contributed by atoms with Gasteiger partial charge in [-0.15, -0.1) is 0 Å². The summed E-state index contributed by atoms with van der Waals surface area (Å²) < 4.78 is 0. The van der Waals surface area contributed by atoms with Gasteiger partial charge in [-0.05, 0) is 49.4 Å². The van der Waals surface area contributed by atoms with Crippen LogP contribution < -0.4 is 20.4 Å². The SMILES string of the molecule is CNC(=O)c1cccc(NC(=O)C[NH+]2CCN(c3ccc(C(C)=O)cc3)CC2)c1. The molecule has 0 saturated carbocycles. The van der Waals surface area contributed by atoms with Gasteiger partial charge in [0.2, 0.25) is 0 Å². The summed E-state index contributed by atoms with van der Waals surface area (Å²) in [5.41, 5.74) is 2.96. The fraction of sp³-hybridized carbons (Fsp3) is 0.318. The fourth-order valence-electron chi connectivity index (χ4n) is 3.48. The van der Waals surface area contributed by atoms with Crippen LogP contribution in [-0.2, 0) is 4.79 Å². The van der Waals surface area contributed by atoms with E-state index in [1.807, 2.05) is 24.3 Å². The van der Waals surface area contributed by atoms with Crippen molar-refractivity contribution in [3.63, 3.8) is 0 Å². The second kappa shape index (κ2) is 9.34. The first kappa shape index (κ1) is 20.5. The maximum atomic E-state index is 12.4. The van der Waals surface area contributed by atoms with E-state index >= 15 is 0 Å². The monoisotopic (exact) mass is 395 g/mol. The number of piperazine rings is 1. The van der Waals surface area contributed by atoms with E-state index < -0.39 is 0 Å². The lowest BCUT2D eigenvalue weighted by molar-refractivity contribution is -0.892. The summed E-state index contributed by atoms with van der Waals surface area (Å²) in [4.78, 5) is 39.0. The van der Waals surface area contributed by atoms with Crippen LogP contribution in [0.3, 0.4) is 0 Å². The maximum Gasteiger partial charge on any atom is 0.279 e. The average molecular weight is 395 g/mol. The lowest BCUT2D eigenvalue weighted by Crippen LogP contribution is -3.15. The number of amides is 2. The minimum atomic E-state index is -0.181. The number of rotatable bonds is 6. The van der Waals surface area contributed by atoms with Gasteiger partial charge in [0.15, 0.2) is 12.3 Å². The molecule has 2 aromatic carbocycles. The molecule has 0 aromatic heterocycles. The summed E-state index contributed by atoms with van der Waals surface area (Å²) in [6.45, 7) is 5.39. The summed E-state index contributed by atoms with van der Waals surface area (Å²) in [7, 11) is 1.58. The van der Waals surface area contributed by atoms with Gasteiger partial charge in [-0.1, -0.05) is 6.07 Å². The summed E-state index contributed by atoms with van der Waals surface area (Å²) >= 11 is 0. The summed E-state index contributed by atoms with van der Waals surface area (Å²) in [6, 6.07) is 14.6. The molecule has 1 aliphatic rings. The minimum absolute atomic E-state index is 0.0617. The van der Waals surface area contributed by atoms with Crippen molar-refractivity contribution in [3.05, 3.63) is 59.7 Å². The first-order chi connectivity index (χ1) is 14.0. The molecule has 0 aliphatic carbocycles. The van der Waals surface area contributed by atoms with Gasteiger partial charge in [0.05, 0.1) is 26.2 Å². The Kier molecular flexibility index (Phi) is 6.61. The van der Waals surface area contributed by atoms with E-state index in [-0.39, 0.29) is 17.6 Å². The van der Waals surface area contributed by atoms with E-state index in [1.54, 1.807) is 38.2 Å². The number of nitrogens with zero attached hydrogens (tertiary/aromatic N) is 1. The van der Waals surface area contributed by atoms with Crippen molar-refractivity contribution in [1.82, 2.24) is 5.32 Å². The quantitative estimate of drug-likeness (QED) is 0.626. The molecule has 29 heavy (non-hydrogen) atoms. The predicted octanol–water partition coefficient (Wildman–Crippen LogP) is 0.592. The number of benzene rings is 2. The zero-order chi connectivity index (χ0) is 20.8. The average Bonchev–Trinajstić information content (AvgIpc) is 2.74. The number of hydrogen-bond acceptors (Lipinski definition) is 4. The third kappa shape index (κ3) is 5.42. The van der Waals surface area contributed by atoms with Crippen LogP contribution in [0.1, 0.15) is 27.6 Å². The molecular formula is C22H27N4O3+. The number of carbonyl (C=O) groups is 3. The van der Waals surface area contributed by atoms with Crippen LogP contribution in [0.15, 0.2) is 48.5 Å². The standard InChI is InChI=1S/C22H26N4O3/c1-16(27)17-6-8-20(9-7-17)26-12-10-25(11-13-26)15-21(28)24-19-5-3-4-18(14-19)22(29)23-2/h3-9,14H,10-13,15H2,1-2H3,(H,23,29)(H,24,28)/p+1. The Hall–Kier alpha value is -3.19. The van der Waals surface area contributed by atoms with Gasteiger partial charge in [-0.2, -0.15) is 0 Å². The normalized spacial score (nSPS) is 14.3. The summed E-state index contributed by atoms with van der Waals surface area (Å²) in [5.74, 6) is -0.176. The first-order valence-corrected chi connectivity index (χ1v) is 9.78. The molecule has 152 valence electrons. The molecule has 3 rings (SSSR count). The number of hydrogen-bond donors (Lipinski definition) is 3. The summed E-state index contributed by atoms with van der Waals surface area (Å²) in [5, 5.41) is 5.46. The van der Waals surface area contributed by atoms with Gasteiger partial charge in [0, 0.05) is 29.5 Å². The van der Waals surface area contributed by atoms with Gasteiger partial charge in [-0.3, -0.25) is 14.4 Å². The Morgan fingerprint density at radius 1 is 1.00 bits per heavy atom. The van der Waals surface area contributed by atoms with E-state index in [4.69, 9.17) is 0 Å². The maximum absolute atomic E-state index is 12.4. The number of quaternary nitrogens is 1. The molecule has 7 nitrogen and oxygen atoms in total. The highest BCUT2D eigenvalue weighted by Gasteiger charge is 2.22. The van der Waals surface area contributed by atoms with Crippen LogP contribution in [0.4, 0.5) is 11.4 Å². The van der Waals surface area contributed by atoms with Crippen LogP contribution in [0.25, 0.3) is 0 Å². The Morgan fingerprint density at radius 2 is 1.69 bits per heavy atom. The Bertz CT molecular complexity index is 887. The van der Waals surface area contributed by atoms with Crippen LogP contribution in [-0.4, -0.2) is 57.4 Å². The molecule has 3 N–H and O–H groups in total. The predicted molar refractivity (Wildman–Crippen MR) is 113 cm³/mol. The highest BCUT2D eigenvalue weighted by molar-refractivity contribution is 5.97. The molecule has 1 aliphatic heterocycles. The number of Topliss-reactive ketones (excluding diaryl/α,β-unsaturated/α-hetero) is 1. The lowest BCUT2D eigenvalue weighted by Gasteiger charge is -2.33. The van der Waals surface area contributed by atoms with Gasteiger partial charge >= 0.3 is 0 Å². The van der Waals surface area contributed by atoms with E-state index in [0.29, 0.717) is 17.8 Å². The smallest absolute Gasteiger partial charge is 0.279 e. The fourth-order valence-corrected chi connectivity index (χ4v) is 3.48. The van der Waals surface area contributed by atoms with E-state index in [1.165, 1.54) is 4.90 Å². The first-order valence-electron chi connectivity index (χ1n) is 9.78. The highest BCUT2D eigenvalue weighted by Crippen LogP contribution is 2.15. The number of carbonyl (C=O) groups excluding carboxylic acids is 3. The van der Waals surface area contributed by atoms with Gasteiger partial charge in [0.25, 0.3) is 11.8 Å². The van der Waals surface area contributed by atoms with Crippen molar-refractivity contribution in [2.75, 3.05) is 50.0 Å². The third-order valence-electron chi connectivity index (χ3n) is 5.16. The van der Waals surface area contributed by atoms with Gasteiger partial charge < -0.3 is 20.4 Å². The molecule has 0 atom stereocenters. The third-order valence-corrected chi connectivity index (χ3v) is 5.16. The van der Waals surface area contributed by atoms with Crippen molar-refractivity contribution in [1.29, 1.82) is 0 Å². The highest BCUT2D eigenvalue weighted by atomic mass is 16.2. The number of anilines is 2. The molecule has 0 bridgehead atoms. The van der Waals surface area contributed by atoms with Crippen LogP contribution >= 0.6 is 0 Å². The molecule has 2 aromatic rings. The molecular weight excluding hydrogens is 368 g/mol. The molecule has 1 saturated heterocycles. The molecule has 0 spiro atoms. The lowest BCUT2D eigenvalue weighted by atomic mass is 10.1. The minimum Gasteiger partial charge on any atom is -0.360 e. The Morgan fingerprint density at radius 3 is 2.31 bits per heavy atom. The van der Waals surface area contributed by atoms with Gasteiger partial charge in [-0.25, -0.2) is 0 Å². The van der Waals surface area contributed by atoms with Crippen molar-refractivity contribution in [2.24, 2.45) is 0 Å². The van der Waals surface area contributed by atoms with E-state index in [2.05, 4.69) is 15.5 Å². The van der Waals surface area contributed by atoms with Crippen LogP contribution in [0.5, 0.6) is 0 Å².